The van der Waals surface area contributed by atoms with Crippen molar-refractivity contribution in [1.29, 1.82) is 0 Å². The molecule has 1 unspecified atom stereocenters. The van der Waals surface area contributed by atoms with E-state index in [4.69, 9.17) is 14.2 Å². The Balaban J connectivity index is 1.91. The number of hydrogen-bond acceptors (Lipinski definition) is 5. The van der Waals surface area contributed by atoms with E-state index in [9.17, 15) is 9.00 Å². The number of fused-ring (bicyclic) bond motifs is 1. The summed E-state index contributed by atoms with van der Waals surface area (Å²) >= 11 is 0. The highest BCUT2D eigenvalue weighted by Crippen LogP contribution is 2.47. The van der Waals surface area contributed by atoms with Crippen molar-refractivity contribution in [2.24, 2.45) is 0 Å². The van der Waals surface area contributed by atoms with E-state index in [1.807, 2.05) is 56.3 Å². The first-order valence-electron chi connectivity index (χ1n) is 9.95. The van der Waals surface area contributed by atoms with Crippen molar-refractivity contribution < 1.29 is 23.2 Å². The number of hydrogen-bond donors (Lipinski definition) is 0. The van der Waals surface area contributed by atoms with Gasteiger partial charge in [0.15, 0.2) is 5.78 Å². The summed E-state index contributed by atoms with van der Waals surface area (Å²) in [6.07, 6.45) is -0.709. The van der Waals surface area contributed by atoms with Gasteiger partial charge in [0.25, 0.3) is 0 Å². The Bertz CT molecular complexity index is 1140. The molecule has 31 heavy (non-hydrogen) atoms. The summed E-state index contributed by atoms with van der Waals surface area (Å²) in [5.41, 5.74) is 2.85. The van der Waals surface area contributed by atoms with E-state index in [1.165, 1.54) is 7.11 Å². The second-order valence-corrected chi connectivity index (χ2v) is 9.03. The number of aryl methyl sites for hydroxylation is 1. The number of benzene rings is 3. The predicted molar refractivity (Wildman–Crippen MR) is 120 cm³/mol. The Labute approximate surface area is 184 Å². The molecule has 1 heterocycles. The fraction of sp³-hybridized carbons (Fsp3) is 0.240. The van der Waals surface area contributed by atoms with Crippen LogP contribution in [0.3, 0.4) is 0 Å². The second kappa shape index (κ2) is 8.55. The Morgan fingerprint density at radius 3 is 2.16 bits per heavy atom. The molecule has 0 radical (unpaired) electrons. The Morgan fingerprint density at radius 2 is 1.55 bits per heavy atom. The molecule has 6 heteroatoms. The molecular weight excluding hydrogens is 412 g/mol. The summed E-state index contributed by atoms with van der Waals surface area (Å²) in [4.78, 5) is 14.4. The molecule has 0 fully saturated rings. The lowest BCUT2D eigenvalue weighted by Gasteiger charge is -2.34. The molecule has 1 aliphatic heterocycles. The fourth-order valence-corrected chi connectivity index (χ4v) is 5.29. The zero-order chi connectivity index (χ0) is 22.1. The zero-order valence-electron chi connectivity index (χ0n) is 17.9. The molecule has 0 saturated carbocycles. The average Bonchev–Trinajstić information content (AvgIpc) is 2.80. The Hall–Kier alpha value is -3.12. The minimum absolute atomic E-state index is 0.267. The van der Waals surface area contributed by atoms with Crippen molar-refractivity contribution in [2.75, 3.05) is 14.2 Å². The van der Waals surface area contributed by atoms with Gasteiger partial charge in [-0.2, -0.15) is 0 Å². The van der Waals surface area contributed by atoms with Gasteiger partial charge in [-0.25, -0.2) is 0 Å². The largest absolute Gasteiger partial charge is 0.496 e. The third-order valence-corrected chi connectivity index (χ3v) is 7.18. The third-order valence-electron chi connectivity index (χ3n) is 5.52. The number of carbonyl (C=O) groups is 1. The summed E-state index contributed by atoms with van der Waals surface area (Å²) in [6, 6.07) is 18.5. The molecule has 4 rings (SSSR count). The van der Waals surface area contributed by atoms with Crippen LogP contribution in [0.4, 0.5) is 0 Å². The first-order chi connectivity index (χ1) is 15.0. The van der Waals surface area contributed by atoms with E-state index in [2.05, 4.69) is 0 Å². The minimum Gasteiger partial charge on any atom is -0.496 e. The maximum atomic E-state index is 13.8. The lowest BCUT2D eigenvalue weighted by Crippen LogP contribution is -2.40. The van der Waals surface area contributed by atoms with Crippen molar-refractivity contribution >= 4 is 16.6 Å². The van der Waals surface area contributed by atoms with Crippen LogP contribution in [0.1, 0.15) is 33.2 Å². The number of carbonyl (C=O) groups excluding carboxylic acids is 1. The van der Waals surface area contributed by atoms with E-state index in [-0.39, 0.29) is 5.78 Å². The molecule has 0 aromatic heterocycles. The SMILES string of the molecule is COc1cc(OC)c2c(c1C)O[C@@H](c1ccccc1)C([S@@](=O)c1ccc(C)cc1)C2=O. The van der Waals surface area contributed by atoms with E-state index in [0.717, 1.165) is 11.1 Å². The van der Waals surface area contributed by atoms with Crippen molar-refractivity contribution in [3.05, 3.63) is 82.9 Å². The topological polar surface area (TPSA) is 61.8 Å². The van der Waals surface area contributed by atoms with Crippen LogP contribution < -0.4 is 14.2 Å². The molecule has 1 aliphatic rings. The maximum Gasteiger partial charge on any atom is 0.190 e. The lowest BCUT2D eigenvalue weighted by atomic mass is 9.93. The van der Waals surface area contributed by atoms with Gasteiger partial charge < -0.3 is 14.2 Å². The molecule has 3 aromatic rings. The molecule has 160 valence electrons. The van der Waals surface area contributed by atoms with Crippen molar-refractivity contribution in [3.63, 3.8) is 0 Å². The van der Waals surface area contributed by atoms with E-state index >= 15 is 0 Å². The summed E-state index contributed by atoms with van der Waals surface area (Å²) in [6.45, 7) is 3.80. The molecule has 3 atom stereocenters. The maximum absolute atomic E-state index is 13.8. The third kappa shape index (κ3) is 3.72. The number of methoxy groups -OCH3 is 2. The smallest absolute Gasteiger partial charge is 0.190 e. The van der Waals surface area contributed by atoms with Gasteiger partial charge in [-0.15, -0.1) is 0 Å². The average molecular weight is 437 g/mol. The van der Waals surface area contributed by atoms with Gasteiger partial charge in [0.1, 0.15) is 34.2 Å². The van der Waals surface area contributed by atoms with Gasteiger partial charge in [0.2, 0.25) is 0 Å². The molecule has 0 aliphatic carbocycles. The van der Waals surface area contributed by atoms with Crippen molar-refractivity contribution in [1.82, 2.24) is 0 Å². The molecular formula is C25H24O5S. The highest BCUT2D eigenvalue weighted by molar-refractivity contribution is 7.86. The molecule has 0 bridgehead atoms. The van der Waals surface area contributed by atoms with E-state index in [0.29, 0.717) is 33.3 Å². The van der Waals surface area contributed by atoms with Crippen LogP contribution in [0.25, 0.3) is 0 Å². The minimum atomic E-state index is -1.63. The normalized spacial score (nSPS) is 18.6. The first kappa shape index (κ1) is 21.1. The number of ether oxygens (including phenoxy) is 3. The van der Waals surface area contributed by atoms with Crippen LogP contribution in [-0.4, -0.2) is 29.5 Å². The van der Waals surface area contributed by atoms with Crippen LogP contribution in [0.15, 0.2) is 65.6 Å². The number of Topliss-reactive ketones (excluding diaryl/α,β-unsaturated/α-hetero) is 1. The quantitative estimate of drug-likeness (QED) is 0.574. The van der Waals surface area contributed by atoms with E-state index < -0.39 is 22.2 Å². The number of rotatable bonds is 5. The molecule has 5 nitrogen and oxygen atoms in total. The van der Waals surface area contributed by atoms with Crippen LogP contribution in [0.5, 0.6) is 17.2 Å². The molecule has 0 amide bonds. The predicted octanol–water partition coefficient (Wildman–Crippen LogP) is 4.81. The zero-order valence-corrected chi connectivity index (χ0v) is 18.7. The van der Waals surface area contributed by atoms with Crippen molar-refractivity contribution in [3.8, 4) is 17.2 Å². The van der Waals surface area contributed by atoms with Crippen LogP contribution in [0.2, 0.25) is 0 Å². The molecule has 3 aromatic carbocycles. The van der Waals surface area contributed by atoms with Gasteiger partial charge >= 0.3 is 0 Å². The molecule has 0 spiro atoms. The summed E-state index contributed by atoms with van der Waals surface area (Å²) in [5.74, 6) is 1.05. The monoisotopic (exact) mass is 436 g/mol. The summed E-state index contributed by atoms with van der Waals surface area (Å²) in [7, 11) is 1.42. The second-order valence-electron chi connectivity index (χ2n) is 7.45. The van der Waals surface area contributed by atoms with Crippen molar-refractivity contribution in [2.45, 2.75) is 30.1 Å². The number of ketones is 1. The lowest BCUT2D eigenvalue weighted by molar-refractivity contribution is 0.0856. The van der Waals surface area contributed by atoms with Gasteiger partial charge in [0.05, 0.1) is 25.0 Å². The first-order valence-corrected chi connectivity index (χ1v) is 11.2. The van der Waals surface area contributed by atoms with Gasteiger partial charge in [-0.3, -0.25) is 9.00 Å². The fourth-order valence-electron chi connectivity index (χ4n) is 3.85. The van der Waals surface area contributed by atoms with E-state index in [1.54, 1.807) is 25.3 Å². The highest BCUT2D eigenvalue weighted by atomic mass is 32.2. The van der Waals surface area contributed by atoms with Crippen LogP contribution in [-0.2, 0) is 10.8 Å². The van der Waals surface area contributed by atoms with Crippen LogP contribution >= 0.6 is 0 Å². The highest BCUT2D eigenvalue weighted by Gasteiger charge is 2.45. The Morgan fingerprint density at radius 1 is 0.903 bits per heavy atom. The standard InChI is InChI=1S/C25H24O5S/c1-15-10-12-18(13-11-15)31(27)25-22(26)21-20(29-4)14-19(28-3)16(2)23(21)30-24(25)17-8-6-5-7-9-17/h5-14,24-25H,1-4H3/t24-,25?,31-/m0/s1. The molecule has 0 N–H and O–H groups in total. The molecule has 0 saturated heterocycles. The van der Waals surface area contributed by atoms with Crippen LogP contribution in [0, 0.1) is 13.8 Å². The summed E-state index contributed by atoms with van der Waals surface area (Å²) in [5, 5.41) is -0.917. The van der Waals surface area contributed by atoms with Gasteiger partial charge in [-0.05, 0) is 31.5 Å². The van der Waals surface area contributed by atoms with Gasteiger partial charge in [0, 0.05) is 16.5 Å². The van der Waals surface area contributed by atoms with Gasteiger partial charge in [-0.1, -0.05) is 48.0 Å². The summed E-state index contributed by atoms with van der Waals surface area (Å²) < 4.78 is 31.0. The Kier molecular flexibility index (Phi) is 5.83.